The SMILES string of the molecule is CCCCCCCCCCCCCCCCCCCCCC(=O)O[C@H](COC(=O)CCCCCCCCCCCCC)COC(=O)CCCCCCCCCCCCCCCCC(C)C. The predicted octanol–water partition coefficient (Wildman–Crippen LogP) is 19.4. The van der Waals surface area contributed by atoms with Crippen LogP contribution >= 0.6 is 0 Å². The van der Waals surface area contributed by atoms with Gasteiger partial charge >= 0.3 is 17.9 Å². The van der Waals surface area contributed by atoms with E-state index < -0.39 is 6.10 Å². The van der Waals surface area contributed by atoms with E-state index in [1.165, 1.54) is 231 Å². The molecule has 0 heterocycles. The number of rotatable bonds is 54. The van der Waals surface area contributed by atoms with E-state index in [0.717, 1.165) is 63.7 Å². The smallest absolute Gasteiger partial charge is 0.306 e. The Hall–Kier alpha value is -1.59. The molecule has 0 saturated heterocycles. The summed E-state index contributed by atoms with van der Waals surface area (Å²) in [5, 5.41) is 0. The molecule has 0 aromatic heterocycles. The zero-order chi connectivity index (χ0) is 47.4. The molecular formula is C59H114O6. The van der Waals surface area contributed by atoms with Crippen molar-refractivity contribution in [2.24, 2.45) is 5.92 Å². The van der Waals surface area contributed by atoms with Gasteiger partial charge in [0.1, 0.15) is 13.2 Å². The second kappa shape index (κ2) is 53.4. The maximum Gasteiger partial charge on any atom is 0.306 e. The lowest BCUT2D eigenvalue weighted by atomic mass is 10.0. The molecule has 0 N–H and O–H groups in total. The molecule has 0 aliphatic carbocycles. The average Bonchev–Trinajstić information content (AvgIpc) is 3.29. The zero-order valence-electron chi connectivity index (χ0n) is 44.5. The molecule has 1 atom stereocenters. The molecule has 386 valence electrons. The Morgan fingerprint density at radius 3 is 0.754 bits per heavy atom. The lowest BCUT2D eigenvalue weighted by Crippen LogP contribution is -2.30. The summed E-state index contributed by atoms with van der Waals surface area (Å²) in [6.45, 7) is 9.06. The summed E-state index contributed by atoms with van der Waals surface area (Å²) in [5.41, 5.74) is 0. The lowest BCUT2D eigenvalue weighted by Gasteiger charge is -2.18. The van der Waals surface area contributed by atoms with Gasteiger partial charge in [-0.1, -0.05) is 297 Å². The number of carbonyl (C=O) groups excluding carboxylic acids is 3. The quantitative estimate of drug-likeness (QED) is 0.0344. The van der Waals surface area contributed by atoms with Crippen molar-refractivity contribution in [2.45, 2.75) is 342 Å². The van der Waals surface area contributed by atoms with Crippen LogP contribution in [0.2, 0.25) is 0 Å². The van der Waals surface area contributed by atoms with Gasteiger partial charge in [-0.25, -0.2) is 0 Å². The highest BCUT2D eigenvalue weighted by molar-refractivity contribution is 5.71. The van der Waals surface area contributed by atoms with Gasteiger partial charge in [-0.2, -0.15) is 0 Å². The highest BCUT2D eigenvalue weighted by atomic mass is 16.6. The minimum Gasteiger partial charge on any atom is -0.462 e. The Bertz CT molecular complexity index is 980. The Morgan fingerprint density at radius 2 is 0.508 bits per heavy atom. The number of hydrogen-bond donors (Lipinski definition) is 0. The molecule has 0 aliphatic heterocycles. The fourth-order valence-electron chi connectivity index (χ4n) is 9.10. The first-order valence-electron chi connectivity index (χ1n) is 29.4. The first-order valence-corrected chi connectivity index (χ1v) is 29.4. The summed E-state index contributed by atoms with van der Waals surface area (Å²) < 4.78 is 16.9. The van der Waals surface area contributed by atoms with Gasteiger partial charge in [0.15, 0.2) is 6.10 Å². The van der Waals surface area contributed by atoms with E-state index in [1.807, 2.05) is 0 Å². The molecule has 65 heavy (non-hydrogen) atoms. The first-order chi connectivity index (χ1) is 31.9. The van der Waals surface area contributed by atoms with Crippen LogP contribution in [0.5, 0.6) is 0 Å². The third-order valence-electron chi connectivity index (χ3n) is 13.5. The van der Waals surface area contributed by atoms with Crippen LogP contribution in [-0.2, 0) is 28.6 Å². The largest absolute Gasteiger partial charge is 0.462 e. The van der Waals surface area contributed by atoms with Gasteiger partial charge in [0.05, 0.1) is 0 Å². The number of esters is 3. The third-order valence-corrected chi connectivity index (χ3v) is 13.5. The fourth-order valence-corrected chi connectivity index (χ4v) is 9.10. The topological polar surface area (TPSA) is 78.9 Å². The molecule has 0 amide bonds. The van der Waals surface area contributed by atoms with E-state index in [1.54, 1.807) is 0 Å². The van der Waals surface area contributed by atoms with Crippen molar-refractivity contribution in [3.8, 4) is 0 Å². The van der Waals surface area contributed by atoms with Crippen LogP contribution in [0, 0.1) is 5.92 Å². The highest BCUT2D eigenvalue weighted by Crippen LogP contribution is 2.18. The predicted molar refractivity (Wildman–Crippen MR) is 280 cm³/mol. The van der Waals surface area contributed by atoms with E-state index in [2.05, 4.69) is 27.7 Å². The summed E-state index contributed by atoms with van der Waals surface area (Å²) in [6.07, 6.45) is 58.1. The van der Waals surface area contributed by atoms with Crippen LogP contribution < -0.4 is 0 Å². The van der Waals surface area contributed by atoms with Crippen molar-refractivity contribution in [3.05, 3.63) is 0 Å². The Morgan fingerprint density at radius 1 is 0.292 bits per heavy atom. The van der Waals surface area contributed by atoms with Gasteiger partial charge in [0.25, 0.3) is 0 Å². The molecule has 6 heteroatoms. The normalized spacial score (nSPS) is 12.0. The van der Waals surface area contributed by atoms with Crippen LogP contribution in [0.1, 0.15) is 336 Å². The number of unbranched alkanes of at least 4 members (excludes halogenated alkanes) is 41. The molecule has 0 unspecified atom stereocenters. The molecule has 0 saturated carbocycles. The zero-order valence-corrected chi connectivity index (χ0v) is 44.5. The molecule has 0 aromatic rings. The fraction of sp³-hybridized carbons (Fsp3) is 0.949. The minimum atomic E-state index is -0.761. The maximum absolute atomic E-state index is 12.9. The van der Waals surface area contributed by atoms with E-state index in [-0.39, 0.29) is 31.1 Å². The standard InChI is InChI=1S/C59H114O6/c1-5-7-9-11-13-15-17-18-19-20-21-22-23-28-32-36-40-44-48-52-59(62)65-56(53-63-57(60)50-46-42-38-34-29-16-14-12-10-8-6-2)54-64-58(61)51-47-43-39-35-31-27-25-24-26-30-33-37-41-45-49-55(3)4/h55-56H,5-54H2,1-4H3/t56-/m1/s1. The minimum absolute atomic E-state index is 0.0619. The molecule has 0 spiro atoms. The molecule has 0 rings (SSSR count). The molecule has 6 nitrogen and oxygen atoms in total. The number of hydrogen-bond acceptors (Lipinski definition) is 6. The van der Waals surface area contributed by atoms with Crippen LogP contribution in [0.25, 0.3) is 0 Å². The van der Waals surface area contributed by atoms with Gasteiger partial charge in [-0.15, -0.1) is 0 Å². The summed E-state index contributed by atoms with van der Waals surface area (Å²) in [7, 11) is 0. The van der Waals surface area contributed by atoms with Crippen LogP contribution in [0.15, 0.2) is 0 Å². The Labute approximate surface area is 406 Å². The second-order valence-corrected chi connectivity index (χ2v) is 20.8. The van der Waals surface area contributed by atoms with Gasteiger partial charge < -0.3 is 14.2 Å². The average molecular weight is 920 g/mol. The molecule has 0 bridgehead atoms. The maximum atomic E-state index is 12.9. The van der Waals surface area contributed by atoms with E-state index >= 15 is 0 Å². The van der Waals surface area contributed by atoms with Crippen molar-refractivity contribution in [1.82, 2.24) is 0 Å². The molecule has 0 fully saturated rings. The summed E-state index contributed by atoms with van der Waals surface area (Å²) in [4.78, 5) is 38.1. The van der Waals surface area contributed by atoms with E-state index in [9.17, 15) is 14.4 Å². The van der Waals surface area contributed by atoms with Gasteiger partial charge in [-0.05, 0) is 25.2 Å². The lowest BCUT2D eigenvalue weighted by molar-refractivity contribution is -0.167. The molecular weight excluding hydrogens is 805 g/mol. The van der Waals surface area contributed by atoms with Gasteiger partial charge in [0, 0.05) is 19.3 Å². The van der Waals surface area contributed by atoms with Gasteiger partial charge in [0.2, 0.25) is 0 Å². The van der Waals surface area contributed by atoms with Crippen LogP contribution in [-0.4, -0.2) is 37.2 Å². The molecule has 0 radical (unpaired) electrons. The molecule has 0 aliphatic rings. The summed E-state index contributed by atoms with van der Waals surface area (Å²) in [5.74, 6) is 0.00929. The monoisotopic (exact) mass is 919 g/mol. The van der Waals surface area contributed by atoms with Crippen molar-refractivity contribution >= 4 is 17.9 Å². The van der Waals surface area contributed by atoms with E-state index in [4.69, 9.17) is 14.2 Å². The Kier molecular flexibility index (Phi) is 52.1. The molecule has 0 aromatic carbocycles. The van der Waals surface area contributed by atoms with Crippen molar-refractivity contribution in [1.29, 1.82) is 0 Å². The third kappa shape index (κ3) is 53.2. The van der Waals surface area contributed by atoms with Crippen LogP contribution in [0.4, 0.5) is 0 Å². The van der Waals surface area contributed by atoms with Gasteiger partial charge in [-0.3, -0.25) is 14.4 Å². The number of carbonyl (C=O) groups is 3. The summed E-state index contributed by atoms with van der Waals surface area (Å²) >= 11 is 0. The summed E-state index contributed by atoms with van der Waals surface area (Å²) in [6, 6.07) is 0. The van der Waals surface area contributed by atoms with Crippen molar-refractivity contribution < 1.29 is 28.6 Å². The van der Waals surface area contributed by atoms with Crippen LogP contribution in [0.3, 0.4) is 0 Å². The van der Waals surface area contributed by atoms with E-state index in [0.29, 0.717) is 19.3 Å². The first kappa shape index (κ1) is 63.4. The number of ether oxygens (including phenoxy) is 3. The highest BCUT2D eigenvalue weighted by Gasteiger charge is 2.19. The Balaban J connectivity index is 4.25. The van der Waals surface area contributed by atoms with Crippen molar-refractivity contribution in [3.63, 3.8) is 0 Å². The van der Waals surface area contributed by atoms with Crippen molar-refractivity contribution in [2.75, 3.05) is 13.2 Å². The second-order valence-electron chi connectivity index (χ2n) is 20.8.